The van der Waals surface area contributed by atoms with Crippen LogP contribution in [0.4, 0.5) is 14.9 Å². The highest BCUT2D eigenvalue weighted by atomic mass is 19.1. The third-order valence-electron chi connectivity index (χ3n) is 8.02. The molecule has 1 aromatic heterocycles. The molecule has 2 aliphatic carbocycles. The second kappa shape index (κ2) is 12.2. The minimum absolute atomic E-state index is 0.00161. The molecule has 2 aromatic carbocycles. The average Bonchev–Trinajstić information content (AvgIpc) is 2.94. The maximum Gasteiger partial charge on any atom is 0.319 e. The summed E-state index contributed by atoms with van der Waals surface area (Å²) < 4.78 is 13.9. The van der Waals surface area contributed by atoms with Crippen molar-refractivity contribution in [2.24, 2.45) is 11.8 Å². The van der Waals surface area contributed by atoms with Crippen molar-refractivity contribution in [2.45, 2.75) is 56.9 Å². The molecule has 2 atom stereocenters. The fraction of sp³-hybridized carbons (Fsp3) is 0.387. The molecule has 3 aromatic rings. The Hall–Kier alpha value is -3.74. The van der Waals surface area contributed by atoms with Gasteiger partial charge in [0.1, 0.15) is 5.82 Å². The molecule has 3 amide bonds. The van der Waals surface area contributed by atoms with Gasteiger partial charge in [-0.25, -0.2) is 9.18 Å². The first-order valence-corrected chi connectivity index (χ1v) is 13.6. The van der Waals surface area contributed by atoms with Gasteiger partial charge in [-0.3, -0.25) is 9.78 Å². The summed E-state index contributed by atoms with van der Waals surface area (Å²) in [5.74, 6) is 0.338. The SMILES string of the molecule is O=C(NCC1CCC(C(=O)N[C@H]2CCc3cc(F)ccc3[C@H]2Cc2cccnc2)CC1)Nc1ccccc1. The zero-order valence-electron chi connectivity index (χ0n) is 21.5. The van der Waals surface area contributed by atoms with Crippen LogP contribution in [-0.4, -0.2) is 29.5 Å². The van der Waals surface area contributed by atoms with Crippen LogP contribution in [0.2, 0.25) is 0 Å². The van der Waals surface area contributed by atoms with Crippen molar-refractivity contribution < 1.29 is 14.0 Å². The summed E-state index contributed by atoms with van der Waals surface area (Å²) in [4.78, 5) is 29.8. The lowest BCUT2D eigenvalue weighted by Crippen LogP contribution is -2.46. The minimum Gasteiger partial charge on any atom is -0.352 e. The summed E-state index contributed by atoms with van der Waals surface area (Å²) in [6.07, 6.45) is 9.39. The molecule has 0 saturated heterocycles. The van der Waals surface area contributed by atoms with Gasteiger partial charge in [0.2, 0.25) is 5.91 Å². The summed E-state index contributed by atoms with van der Waals surface area (Å²) in [6.45, 7) is 0.607. The molecule has 38 heavy (non-hydrogen) atoms. The highest BCUT2D eigenvalue weighted by Crippen LogP contribution is 2.36. The van der Waals surface area contributed by atoms with Crippen molar-refractivity contribution in [1.82, 2.24) is 15.6 Å². The van der Waals surface area contributed by atoms with Crippen molar-refractivity contribution in [3.8, 4) is 0 Å². The van der Waals surface area contributed by atoms with E-state index in [-0.39, 0.29) is 35.6 Å². The number of urea groups is 1. The molecule has 198 valence electrons. The van der Waals surface area contributed by atoms with Crippen LogP contribution in [0.25, 0.3) is 0 Å². The molecular weight excluding hydrogens is 479 g/mol. The highest BCUT2D eigenvalue weighted by molar-refractivity contribution is 5.89. The summed E-state index contributed by atoms with van der Waals surface area (Å²) in [7, 11) is 0. The summed E-state index contributed by atoms with van der Waals surface area (Å²) in [5, 5.41) is 9.19. The number of pyridine rings is 1. The zero-order chi connectivity index (χ0) is 26.3. The van der Waals surface area contributed by atoms with Crippen LogP contribution in [-0.2, 0) is 17.6 Å². The van der Waals surface area contributed by atoms with Crippen molar-refractivity contribution >= 4 is 17.6 Å². The quantitative estimate of drug-likeness (QED) is 0.384. The van der Waals surface area contributed by atoms with Crippen LogP contribution in [0, 0.1) is 17.7 Å². The summed E-state index contributed by atoms with van der Waals surface area (Å²) >= 11 is 0. The number of nitrogens with zero attached hydrogens (tertiary/aromatic N) is 1. The number of hydrogen-bond donors (Lipinski definition) is 3. The van der Waals surface area contributed by atoms with E-state index in [9.17, 15) is 14.0 Å². The molecule has 0 unspecified atom stereocenters. The third kappa shape index (κ3) is 6.57. The maximum absolute atomic E-state index is 13.9. The molecule has 0 radical (unpaired) electrons. The van der Waals surface area contributed by atoms with E-state index < -0.39 is 0 Å². The standard InChI is InChI=1S/C31H35FN4O2/c32-25-13-14-27-24(18-25)12-15-29(28(27)17-22-5-4-16-33-19-22)36-30(37)23-10-8-21(9-11-23)20-34-31(38)35-26-6-2-1-3-7-26/h1-7,13-14,16,18-19,21,23,28-29H,8-12,15,17,20H2,(H,36,37)(H2,34,35,38)/t21?,23?,28-,29+/m1/s1. The Balaban J connectivity index is 1.14. The van der Waals surface area contributed by atoms with E-state index in [1.807, 2.05) is 48.7 Å². The van der Waals surface area contributed by atoms with Gasteiger partial charge in [-0.2, -0.15) is 0 Å². The Bertz CT molecular complexity index is 1230. The lowest BCUT2D eigenvalue weighted by Gasteiger charge is -2.36. The van der Waals surface area contributed by atoms with E-state index in [0.29, 0.717) is 12.5 Å². The number of aryl methyl sites for hydroxylation is 1. The van der Waals surface area contributed by atoms with Crippen LogP contribution < -0.4 is 16.0 Å². The van der Waals surface area contributed by atoms with Crippen molar-refractivity contribution in [3.63, 3.8) is 0 Å². The van der Waals surface area contributed by atoms with Crippen LogP contribution in [0.1, 0.15) is 54.7 Å². The first-order valence-electron chi connectivity index (χ1n) is 13.6. The first kappa shape index (κ1) is 25.9. The van der Waals surface area contributed by atoms with Crippen LogP contribution in [0.5, 0.6) is 0 Å². The second-order valence-corrected chi connectivity index (χ2v) is 10.6. The summed E-state index contributed by atoms with van der Waals surface area (Å²) in [6, 6.07) is 18.2. The molecule has 1 fully saturated rings. The molecule has 7 heteroatoms. The predicted molar refractivity (Wildman–Crippen MR) is 146 cm³/mol. The average molecular weight is 515 g/mol. The molecule has 0 aliphatic heterocycles. The maximum atomic E-state index is 13.9. The number of anilines is 1. The number of para-hydroxylation sites is 1. The number of amides is 3. The number of hydrogen-bond acceptors (Lipinski definition) is 3. The number of rotatable bonds is 7. The molecule has 2 aliphatic rings. The van der Waals surface area contributed by atoms with Crippen molar-refractivity contribution in [3.05, 3.63) is 95.6 Å². The fourth-order valence-electron chi connectivity index (χ4n) is 5.94. The smallest absolute Gasteiger partial charge is 0.319 e. The number of carbonyl (C=O) groups excluding carboxylic acids is 2. The lowest BCUT2D eigenvalue weighted by molar-refractivity contribution is -0.127. The Kier molecular flexibility index (Phi) is 8.31. The van der Waals surface area contributed by atoms with Gasteiger partial charge in [0.15, 0.2) is 0 Å². The van der Waals surface area contributed by atoms with E-state index in [1.54, 1.807) is 12.3 Å². The van der Waals surface area contributed by atoms with Crippen LogP contribution >= 0.6 is 0 Å². The number of halogens is 1. The molecule has 5 rings (SSSR count). The summed E-state index contributed by atoms with van der Waals surface area (Å²) in [5.41, 5.74) is 4.03. The third-order valence-corrected chi connectivity index (χ3v) is 8.02. The number of aromatic nitrogens is 1. The zero-order valence-corrected chi connectivity index (χ0v) is 21.5. The topological polar surface area (TPSA) is 83.1 Å². The number of fused-ring (bicyclic) bond motifs is 1. The van der Waals surface area contributed by atoms with Crippen LogP contribution in [0.3, 0.4) is 0 Å². The van der Waals surface area contributed by atoms with Crippen LogP contribution in [0.15, 0.2) is 73.1 Å². The van der Waals surface area contributed by atoms with Gasteiger partial charge in [0, 0.05) is 42.5 Å². The molecule has 0 spiro atoms. The minimum atomic E-state index is -0.213. The van der Waals surface area contributed by atoms with E-state index in [0.717, 1.165) is 67.3 Å². The van der Waals surface area contributed by atoms with E-state index >= 15 is 0 Å². The van der Waals surface area contributed by atoms with Crippen molar-refractivity contribution in [2.75, 3.05) is 11.9 Å². The normalized spacial score (nSPS) is 22.7. The molecule has 1 saturated carbocycles. The van der Waals surface area contributed by atoms with E-state index in [4.69, 9.17) is 0 Å². The van der Waals surface area contributed by atoms with Gasteiger partial charge in [0.25, 0.3) is 0 Å². The largest absolute Gasteiger partial charge is 0.352 e. The highest BCUT2D eigenvalue weighted by Gasteiger charge is 2.34. The van der Waals surface area contributed by atoms with Gasteiger partial charge in [-0.15, -0.1) is 0 Å². The molecular formula is C31H35FN4O2. The Morgan fingerprint density at radius 2 is 1.76 bits per heavy atom. The Morgan fingerprint density at radius 1 is 0.947 bits per heavy atom. The molecule has 6 nitrogen and oxygen atoms in total. The first-order chi connectivity index (χ1) is 18.5. The second-order valence-electron chi connectivity index (χ2n) is 10.6. The predicted octanol–water partition coefficient (Wildman–Crippen LogP) is 5.61. The van der Waals surface area contributed by atoms with Gasteiger partial charge in [-0.05, 0) is 97.9 Å². The van der Waals surface area contributed by atoms with E-state index in [2.05, 4.69) is 27.0 Å². The van der Waals surface area contributed by atoms with Gasteiger partial charge in [0.05, 0.1) is 0 Å². The van der Waals surface area contributed by atoms with Gasteiger partial charge < -0.3 is 16.0 Å². The lowest BCUT2D eigenvalue weighted by atomic mass is 9.75. The fourth-order valence-corrected chi connectivity index (χ4v) is 5.94. The molecule has 1 heterocycles. The number of benzene rings is 2. The molecule has 3 N–H and O–H groups in total. The molecule has 0 bridgehead atoms. The Morgan fingerprint density at radius 3 is 2.53 bits per heavy atom. The van der Waals surface area contributed by atoms with E-state index in [1.165, 1.54) is 6.07 Å². The number of nitrogens with one attached hydrogen (secondary N) is 3. The Labute approximate surface area is 223 Å². The number of carbonyl (C=O) groups is 2. The van der Waals surface area contributed by atoms with Crippen molar-refractivity contribution in [1.29, 1.82) is 0 Å². The van der Waals surface area contributed by atoms with Gasteiger partial charge in [-0.1, -0.05) is 30.3 Å². The monoisotopic (exact) mass is 514 g/mol. The van der Waals surface area contributed by atoms with Gasteiger partial charge >= 0.3 is 6.03 Å².